The second-order valence-electron chi connectivity index (χ2n) is 5.29. The van der Waals surface area contributed by atoms with Crippen molar-refractivity contribution in [3.63, 3.8) is 0 Å². The molecule has 0 amide bonds. The molecule has 0 aromatic heterocycles. The number of amidine groups is 1. The fourth-order valence-electron chi connectivity index (χ4n) is 2.45. The Labute approximate surface area is 102 Å². The maximum absolute atomic E-state index is 6.00. The van der Waals surface area contributed by atoms with Crippen LogP contribution in [-0.4, -0.2) is 22.9 Å². The van der Waals surface area contributed by atoms with Crippen LogP contribution in [-0.2, 0) is 4.74 Å². The minimum Gasteiger partial charge on any atom is -0.471 e. The van der Waals surface area contributed by atoms with Crippen molar-refractivity contribution < 1.29 is 4.74 Å². The quantitative estimate of drug-likeness (QED) is 0.691. The van der Waals surface area contributed by atoms with E-state index in [1.807, 2.05) is 0 Å². The predicted octanol–water partition coefficient (Wildman–Crippen LogP) is 2.97. The van der Waals surface area contributed by atoms with E-state index in [0.29, 0.717) is 0 Å². The first-order chi connectivity index (χ1) is 8.09. The minimum atomic E-state index is -0.0498. The normalized spacial score (nSPS) is 30.6. The van der Waals surface area contributed by atoms with Gasteiger partial charge < -0.3 is 9.64 Å². The summed E-state index contributed by atoms with van der Waals surface area (Å²) in [4.78, 5) is 6.82. The molecule has 17 heavy (non-hydrogen) atoms. The molecule has 3 nitrogen and oxygen atoms in total. The van der Waals surface area contributed by atoms with Gasteiger partial charge in [0.05, 0.1) is 6.54 Å². The van der Waals surface area contributed by atoms with Gasteiger partial charge in [-0.15, -0.1) is 0 Å². The molecule has 0 aromatic carbocycles. The van der Waals surface area contributed by atoms with Crippen LogP contribution in [0, 0.1) is 0 Å². The molecule has 0 bridgehead atoms. The second-order valence-corrected chi connectivity index (χ2v) is 5.29. The highest BCUT2D eigenvalue weighted by Crippen LogP contribution is 2.39. The highest BCUT2D eigenvalue weighted by molar-refractivity contribution is 5.97. The van der Waals surface area contributed by atoms with Crippen LogP contribution in [0.3, 0.4) is 0 Å². The SMILES string of the molecule is CC[C@@]1(C)CC2=C(N=C3C=C(C)C=CN3C2)O1. The summed E-state index contributed by atoms with van der Waals surface area (Å²) in [5.41, 5.74) is 2.52. The van der Waals surface area contributed by atoms with Crippen LogP contribution in [0.15, 0.2) is 40.4 Å². The summed E-state index contributed by atoms with van der Waals surface area (Å²) >= 11 is 0. The Balaban J connectivity index is 1.92. The van der Waals surface area contributed by atoms with Gasteiger partial charge in [0.1, 0.15) is 11.4 Å². The zero-order valence-corrected chi connectivity index (χ0v) is 10.7. The fourth-order valence-corrected chi connectivity index (χ4v) is 2.45. The number of fused-ring (bicyclic) bond motifs is 1. The van der Waals surface area contributed by atoms with E-state index in [2.05, 4.69) is 49.0 Å². The maximum Gasteiger partial charge on any atom is 0.216 e. The monoisotopic (exact) mass is 230 g/mol. The van der Waals surface area contributed by atoms with Crippen LogP contribution in [0.4, 0.5) is 0 Å². The van der Waals surface area contributed by atoms with Crippen molar-refractivity contribution in [2.75, 3.05) is 6.54 Å². The lowest BCUT2D eigenvalue weighted by Gasteiger charge is -2.26. The number of aliphatic imine (C=N–C) groups is 1. The molecule has 3 heterocycles. The van der Waals surface area contributed by atoms with Crippen molar-refractivity contribution in [1.29, 1.82) is 0 Å². The van der Waals surface area contributed by atoms with Gasteiger partial charge in [-0.2, -0.15) is 4.99 Å². The Morgan fingerprint density at radius 3 is 3.12 bits per heavy atom. The summed E-state index contributed by atoms with van der Waals surface area (Å²) in [7, 11) is 0. The van der Waals surface area contributed by atoms with Crippen LogP contribution in [0.1, 0.15) is 33.6 Å². The Bertz CT molecular complexity index is 484. The lowest BCUT2D eigenvalue weighted by Crippen LogP contribution is -2.31. The number of hydrogen-bond donors (Lipinski definition) is 0. The van der Waals surface area contributed by atoms with Gasteiger partial charge in [-0.3, -0.25) is 0 Å². The smallest absolute Gasteiger partial charge is 0.216 e. The third-order valence-corrected chi connectivity index (χ3v) is 3.73. The number of rotatable bonds is 1. The first-order valence-electron chi connectivity index (χ1n) is 6.22. The van der Waals surface area contributed by atoms with Crippen LogP contribution in [0.5, 0.6) is 0 Å². The Hall–Kier alpha value is -1.51. The molecule has 0 aromatic rings. The first-order valence-corrected chi connectivity index (χ1v) is 6.22. The Morgan fingerprint density at radius 2 is 2.35 bits per heavy atom. The van der Waals surface area contributed by atoms with Crippen molar-refractivity contribution in [2.45, 2.75) is 39.2 Å². The molecule has 3 aliphatic heterocycles. The van der Waals surface area contributed by atoms with Gasteiger partial charge in [0, 0.05) is 18.2 Å². The molecule has 0 fully saturated rings. The highest BCUT2D eigenvalue weighted by Gasteiger charge is 2.38. The second kappa shape index (κ2) is 3.49. The Morgan fingerprint density at radius 1 is 1.53 bits per heavy atom. The molecule has 0 aliphatic carbocycles. The highest BCUT2D eigenvalue weighted by atomic mass is 16.5. The van der Waals surface area contributed by atoms with Crippen LogP contribution < -0.4 is 0 Å². The van der Waals surface area contributed by atoms with Crippen molar-refractivity contribution in [1.82, 2.24) is 4.90 Å². The molecule has 0 saturated heterocycles. The van der Waals surface area contributed by atoms with Gasteiger partial charge >= 0.3 is 0 Å². The fraction of sp³-hybridized carbons (Fsp3) is 0.500. The molecular formula is C14H18N2O. The van der Waals surface area contributed by atoms with E-state index in [4.69, 9.17) is 4.74 Å². The van der Waals surface area contributed by atoms with Gasteiger partial charge in [0.2, 0.25) is 5.88 Å². The Kier molecular flexibility index (Phi) is 2.18. The number of nitrogens with zero attached hydrogens (tertiary/aromatic N) is 2. The number of allylic oxidation sites excluding steroid dienone is 2. The zero-order valence-electron chi connectivity index (χ0n) is 10.7. The summed E-state index contributed by atoms with van der Waals surface area (Å²) < 4.78 is 6.00. The van der Waals surface area contributed by atoms with Crippen LogP contribution >= 0.6 is 0 Å². The lowest BCUT2D eigenvalue weighted by molar-refractivity contribution is 0.0392. The molecule has 0 saturated carbocycles. The molecule has 3 aliphatic rings. The van der Waals surface area contributed by atoms with E-state index in [1.54, 1.807) is 0 Å². The van der Waals surface area contributed by atoms with E-state index in [9.17, 15) is 0 Å². The van der Waals surface area contributed by atoms with E-state index in [-0.39, 0.29) is 5.60 Å². The third-order valence-electron chi connectivity index (χ3n) is 3.73. The van der Waals surface area contributed by atoms with E-state index < -0.39 is 0 Å². The predicted molar refractivity (Wildman–Crippen MR) is 68.5 cm³/mol. The molecule has 1 atom stereocenters. The van der Waals surface area contributed by atoms with Gasteiger partial charge in [-0.1, -0.05) is 6.92 Å². The zero-order chi connectivity index (χ0) is 12.0. The van der Waals surface area contributed by atoms with Crippen LogP contribution in [0.2, 0.25) is 0 Å². The molecule has 3 rings (SSSR count). The van der Waals surface area contributed by atoms with E-state index in [0.717, 1.165) is 31.1 Å². The maximum atomic E-state index is 6.00. The van der Waals surface area contributed by atoms with Gasteiger partial charge in [-0.05, 0) is 38.0 Å². The summed E-state index contributed by atoms with van der Waals surface area (Å²) in [6, 6.07) is 0. The number of hydrogen-bond acceptors (Lipinski definition) is 3. The average Bonchev–Trinajstić information content (AvgIpc) is 2.62. The van der Waals surface area contributed by atoms with Gasteiger partial charge in [-0.25, -0.2) is 0 Å². The summed E-state index contributed by atoms with van der Waals surface area (Å²) in [6.45, 7) is 7.35. The van der Waals surface area contributed by atoms with Crippen molar-refractivity contribution in [3.8, 4) is 0 Å². The lowest BCUT2D eigenvalue weighted by atomic mass is 9.95. The summed E-state index contributed by atoms with van der Waals surface area (Å²) in [5.74, 6) is 1.86. The van der Waals surface area contributed by atoms with Crippen molar-refractivity contribution in [2.24, 2.45) is 4.99 Å². The molecule has 3 heteroatoms. The third kappa shape index (κ3) is 1.70. The van der Waals surface area contributed by atoms with Gasteiger partial charge in [0.25, 0.3) is 0 Å². The van der Waals surface area contributed by atoms with Gasteiger partial charge in [0.15, 0.2) is 0 Å². The van der Waals surface area contributed by atoms with Crippen molar-refractivity contribution in [3.05, 3.63) is 35.4 Å². The topological polar surface area (TPSA) is 24.8 Å². The molecular weight excluding hydrogens is 212 g/mol. The van der Waals surface area contributed by atoms with E-state index >= 15 is 0 Å². The largest absolute Gasteiger partial charge is 0.471 e. The minimum absolute atomic E-state index is 0.0498. The van der Waals surface area contributed by atoms with E-state index in [1.165, 1.54) is 11.1 Å². The molecule has 0 radical (unpaired) electrons. The summed E-state index contributed by atoms with van der Waals surface area (Å²) in [6.07, 6.45) is 8.37. The summed E-state index contributed by atoms with van der Waals surface area (Å²) in [5, 5.41) is 0. The standard InChI is InChI=1S/C14H18N2O/c1-4-14(3)8-11-9-16-6-5-10(2)7-12(16)15-13(11)17-14/h5-7H,4,8-9H2,1-3H3/t14-/m0/s1. The molecule has 0 N–H and O–H groups in total. The van der Waals surface area contributed by atoms with Crippen LogP contribution in [0.25, 0.3) is 0 Å². The first kappa shape index (κ1) is 10.6. The number of ether oxygens (including phenoxy) is 1. The molecule has 90 valence electrons. The average molecular weight is 230 g/mol. The molecule has 0 unspecified atom stereocenters. The molecule has 0 spiro atoms. The van der Waals surface area contributed by atoms with Crippen molar-refractivity contribution >= 4 is 5.84 Å².